The molecule has 148 valence electrons. The summed E-state index contributed by atoms with van der Waals surface area (Å²) in [6.07, 6.45) is 4.27. The van der Waals surface area contributed by atoms with Gasteiger partial charge in [0.2, 0.25) is 0 Å². The number of nitrogens with zero attached hydrogens (tertiary/aromatic N) is 2. The molecule has 4 nitrogen and oxygen atoms in total. The third-order valence-corrected chi connectivity index (χ3v) is 6.00. The van der Waals surface area contributed by atoms with Crippen molar-refractivity contribution in [2.24, 2.45) is 0 Å². The lowest BCUT2D eigenvalue weighted by molar-refractivity contribution is 0.217. The second-order valence-corrected chi connectivity index (χ2v) is 8.04. The molecule has 0 spiro atoms. The summed E-state index contributed by atoms with van der Waals surface area (Å²) in [5, 5.41) is 0. The van der Waals surface area contributed by atoms with Crippen molar-refractivity contribution in [1.29, 1.82) is 0 Å². The molecule has 0 unspecified atom stereocenters. The Morgan fingerprint density at radius 1 is 1.14 bits per heavy atom. The molecular weight excluding hydrogens is 358 g/mol. The molecule has 2 aromatic carbocycles. The largest absolute Gasteiger partial charge is 0.492 e. The van der Waals surface area contributed by atoms with Gasteiger partial charge in [-0.2, -0.15) is 0 Å². The van der Waals surface area contributed by atoms with E-state index in [1.165, 1.54) is 33.5 Å². The normalized spacial score (nSPS) is 16.0. The van der Waals surface area contributed by atoms with Gasteiger partial charge < -0.3 is 9.72 Å². The van der Waals surface area contributed by atoms with Crippen molar-refractivity contribution in [2.75, 3.05) is 13.2 Å². The Labute approximate surface area is 172 Å². The zero-order valence-electron chi connectivity index (χ0n) is 17.2. The molecule has 1 aliphatic heterocycles. The van der Waals surface area contributed by atoms with Crippen LogP contribution < -0.4 is 4.74 Å². The molecule has 0 atom stereocenters. The topological polar surface area (TPSA) is 41.2 Å². The summed E-state index contributed by atoms with van der Waals surface area (Å²) in [4.78, 5) is 10.6. The van der Waals surface area contributed by atoms with Crippen molar-refractivity contribution < 1.29 is 4.74 Å². The van der Waals surface area contributed by atoms with E-state index in [1.807, 2.05) is 0 Å². The Morgan fingerprint density at radius 3 is 2.86 bits per heavy atom. The SMILES string of the molecule is CCc1nc(CN2CCOc3ccc(C4=Cc5ccccc5C4)cc3C2)c(C)[nH]1. The smallest absolute Gasteiger partial charge is 0.123 e. The number of nitrogens with one attached hydrogen (secondary N) is 1. The Morgan fingerprint density at radius 2 is 2.03 bits per heavy atom. The maximum Gasteiger partial charge on any atom is 0.123 e. The standard InChI is InChI=1S/C25H27N3O/c1-3-25-26-17(2)23(27-25)16-28-10-11-29-24-9-8-20(14-22(24)15-28)21-12-18-6-4-5-7-19(18)13-21/h4-9,12,14H,3,10-11,13,15-16H2,1-2H3,(H,26,27). The molecule has 1 aliphatic carbocycles. The van der Waals surface area contributed by atoms with Crippen LogP contribution in [0.4, 0.5) is 0 Å². The van der Waals surface area contributed by atoms with Gasteiger partial charge in [0, 0.05) is 37.3 Å². The lowest BCUT2D eigenvalue weighted by atomic mass is 10.0. The summed E-state index contributed by atoms with van der Waals surface area (Å²) >= 11 is 0. The Kier molecular flexibility index (Phi) is 4.72. The van der Waals surface area contributed by atoms with Gasteiger partial charge in [-0.25, -0.2) is 4.98 Å². The van der Waals surface area contributed by atoms with E-state index in [9.17, 15) is 0 Å². The molecule has 1 aromatic heterocycles. The van der Waals surface area contributed by atoms with E-state index in [0.29, 0.717) is 6.61 Å². The third-order valence-electron chi connectivity index (χ3n) is 6.00. The zero-order chi connectivity index (χ0) is 19.8. The van der Waals surface area contributed by atoms with E-state index in [1.54, 1.807) is 0 Å². The highest BCUT2D eigenvalue weighted by molar-refractivity contribution is 5.88. The zero-order valence-corrected chi connectivity index (χ0v) is 17.2. The van der Waals surface area contributed by atoms with Crippen molar-refractivity contribution in [3.63, 3.8) is 0 Å². The highest BCUT2D eigenvalue weighted by Crippen LogP contribution is 2.34. The minimum atomic E-state index is 0.713. The van der Waals surface area contributed by atoms with Crippen LogP contribution in [0.25, 0.3) is 11.6 Å². The molecule has 0 saturated carbocycles. The predicted molar refractivity (Wildman–Crippen MR) is 117 cm³/mol. The third kappa shape index (κ3) is 3.60. The molecule has 0 fully saturated rings. The van der Waals surface area contributed by atoms with E-state index in [4.69, 9.17) is 9.72 Å². The first kappa shape index (κ1) is 18.2. The summed E-state index contributed by atoms with van der Waals surface area (Å²) in [7, 11) is 0. The maximum atomic E-state index is 6.06. The van der Waals surface area contributed by atoms with Crippen LogP contribution in [0.5, 0.6) is 5.75 Å². The Balaban J connectivity index is 1.38. The molecule has 0 saturated heterocycles. The van der Waals surface area contributed by atoms with Crippen molar-refractivity contribution in [3.8, 4) is 5.75 Å². The van der Waals surface area contributed by atoms with Crippen LogP contribution in [0.1, 0.15) is 46.4 Å². The summed E-state index contributed by atoms with van der Waals surface area (Å²) in [6.45, 7) is 7.61. The number of imidazole rings is 1. The van der Waals surface area contributed by atoms with E-state index in [-0.39, 0.29) is 0 Å². The van der Waals surface area contributed by atoms with Gasteiger partial charge in [0.15, 0.2) is 0 Å². The minimum absolute atomic E-state index is 0.713. The van der Waals surface area contributed by atoms with Crippen LogP contribution in [0.15, 0.2) is 42.5 Å². The number of fused-ring (bicyclic) bond motifs is 2. The number of rotatable bonds is 4. The average Bonchev–Trinajstić information content (AvgIpc) is 3.25. The molecule has 4 heteroatoms. The minimum Gasteiger partial charge on any atom is -0.492 e. The van der Waals surface area contributed by atoms with Crippen molar-refractivity contribution in [2.45, 2.75) is 39.8 Å². The van der Waals surface area contributed by atoms with Gasteiger partial charge in [0.1, 0.15) is 18.2 Å². The van der Waals surface area contributed by atoms with E-state index in [2.05, 4.69) is 72.3 Å². The number of aromatic amines is 1. The summed E-state index contributed by atoms with van der Waals surface area (Å²) in [5.74, 6) is 2.08. The molecule has 0 bridgehead atoms. The first-order chi connectivity index (χ1) is 14.2. The van der Waals surface area contributed by atoms with E-state index >= 15 is 0 Å². The molecule has 3 aromatic rings. The Hall–Kier alpha value is -2.85. The van der Waals surface area contributed by atoms with Crippen molar-refractivity contribution >= 4 is 11.6 Å². The second-order valence-electron chi connectivity index (χ2n) is 8.04. The Bertz CT molecular complexity index is 1080. The van der Waals surface area contributed by atoms with Gasteiger partial charge in [0.05, 0.1) is 5.69 Å². The average molecular weight is 386 g/mol. The second kappa shape index (κ2) is 7.53. The fourth-order valence-electron chi connectivity index (χ4n) is 4.34. The summed E-state index contributed by atoms with van der Waals surface area (Å²) in [6, 6.07) is 15.3. The van der Waals surface area contributed by atoms with Gasteiger partial charge in [-0.05, 0) is 47.7 Å². The fraction of sp³-hybridized carbons (Fsp3) is 0.320. The highest BCUT2D eigenvalue weighted by Gasteiger charge is 2.20. The van der Waals surface area contributed by atoms with Crippen LogP contribution in [-0.4, -0.2) is 28.0 Å². The van der Waals surface area contributed by atoms with Gasteiger partial charge in [0.25, 0.3) is 0 Å². The van der Waals surface area contributed by atoms with Crippen LogP contribution in [0.2, 0.25) is 0 Å². The lowest BCUT2D eigenvalue weighted by Crippen LogP contribution is -2.25. The molecular formula is C25H27N3O. The summed E-state index contributed by atoms with van der Waals surface area (Å²) in [5.41, 5.74) is 9.04. The van der Waals surface area contributed by atoms with Crippen molar-refractivity contribution in [1.82, 2.24) is 14.9 Å². The molecule has 0 radical (unpaired) electrons. The maximum absolute atomic E-state index is 6.06. The number of aryl methyl sites for hydroxylation is 2. The lowest BCUT2D eigenvalue weighted by Gasteiger charge is -2.18. The highest BCUT2D eigenvalue weighted by atomic mass is 16.5. The number of H-pyrrole nitrogens is 1. The van der Waals surface area contributed by atoms with E-state index < -0.39 is 0 Å². The molecule has 2 heterocycles. The molecule has 0 amide bonds. The quantitative estimate of drug-likeness (QED) is 0.703. The van der Waals surface area contributed by atoms with Gasteiger partial charge in [-0.15, -0.1) is 0 Å². The summed E-state index contributed by atoms with van der Waals surface area (Å²) < 4.78 is 6.06. The molecule has 5 rings (SSSR count). The number of hydrogen-bond acceptors (Lipinski definition) is 3. The number of hydrogen-bond donors (Lipinski definition) is 1. The van der Waals surface area contributed by atoms with Crippen LogP contribution in [0.3, 0.4) is 0 Å². The monoisotopic (exact) mass is 385 g/mol. The van der Waals surface area contributed by atoms with E-state index in [0.717, 1.165) is 49.7 Å². The molecule has 2 aliphatic rings. The molecule has 1 N–H and O–H groups in total. The van der Waals surface area contributed by atoms with Gasteiger partial charge in [-0.3, -0.25) is 4.90 Å². The first-order valence-electron chi connectivity index (χ1n) is 10.5. The fourth-order valence-corrected chi connectivity index (χ4v) is 4.34. The predicted octanol–water partition coefficient (Wildman–Crippen LogP) is 4.77. The van der Waals surface area contributed by atoms with Gasteiger partial charge >= 0.3 is 0 Å². The number of ether oxygens (including phenoxy) is 1. The number of aromatic nitrogens is 2. The molecule has 29 heavy (non-hydrogen) atoms. The van der Waals surface area contributed by atoms with Crippen LogP contribution in [0, 0.1) is 6.92 Å². The number of allylic oxidation sites excluding steroid dienone is 1. The van der Waals surface area contributed by atoms with Crippen LogP contribution in [-0.2, 0) is 25.9 Å². The van der Waals surface area contributed by atoms with Crippen molar-refractivity contribution in [3.05, 3.63) is 81.9 Å². The number of benzene rings is 2. The van der Waals surface area contributed by atoms with Crippen LogP contribution >= 0.6 is 0 Å². The first-order valence-corrected chi connectivity index (χ1v) is 10.5. The van der Waals surface area contributed by atoms with Gasteiger partial charge in [-0.1, -0.05) is 43.3 Å².